The van der Waals surface area contributed by atoms with Gasteiger partial charge in [0.05, 0.1) is 25.5 Å². The maximum atomic E-state index is 11.7. The molecule has 8 heteroatoms. The van der Waals surface area contributed by atoms with Gasteiger partial charge in [0.25, 0.3) is 0 Å². The Morgan fingerprint density at radius 2 is 1.82 bits per heavy atom. The summed E-state index contributed by atoms with van der Waals surface area (Å²) < 4.78 is 40.2. The molecular formula is C26H27NO6S. The highest BCUT2D eigenvalue weighted by Crippen LogP contribution is 2.49. The van der Waals surface area contributed by atoms with Crippen molar-refractivity contribution in [2.24, 2.45) is 5.14 Å². The van der Waals surface area contributed by atoms with Crippen LogP contribution in [0.5, 0.6) is 11.5 Å². The lowest BCUT2D eigenvalue weighted by Crippen LogP contribution is -2.18. The molecule has 34 heavy (non-hydrogen) atoms. The van der Waals surface area contributed by atoms with Crippen LogP contribution < -0.4 is 14.6 Å². The first-order chi connectivity index (χ1) is 16.3. The minimum absolute atomic E-state index is 0.228. The van der Waals surface area contributed by atoms with E-state index in [9.17, 15) is 13.2 Å². The maximum absolute atomic E-state index is 11.7. The van der Waals surface area contributed by atoms with E-state index in [0.29, 0.717) is 29.9 Å². The van der Waals surface area contributed by atoms with Crippen molar-refractivity contribution in [1.29, 1.82) is 0 Å². The highest BCUT2D eigenvalue weighted by atomic mass is 32.2. The third kappa shape index (κ3) is 5.24. The molecule has 7 nitrogen and oxygen atoms in total. The number of primary sulfonamides is 1. The van der Waals surface area contributed by atoms with Crippen molar-refractivity contribution >= 4 is 16.0 Å². The Labute approximate surface area is 199 Å². The Balaban J connectivity index is 1.75. The van der Waals surface area contributed by atoms with Crippen LogP contribution in [0.1, 0.15) is 41.2 Å². The van der Waals surface area contributed by atoms with Crippen LogP contribution in [0.15, 0.2) is 60.7 Å². The first-order valence-corrected chi connectivity index (χ1v) is 12.6. The van der Waals surface area contributed by atoms with Gasteiger partial charge in [-0.15, -0.1) is 0 Å². The van der Waals surface area contributed by atoms with E-state index < -0.39 is 16.1 Å². The van der Waals surface area contributed by atoms with Crippen molar-refractivity contribution in [1.82, 2.24) is 0 Å². The van der Waals surface area contributed by atoms with Crippen LogP contribution in [-0.4, -0.2) is 28.6 Å². The van der Waals surface area contributed by atoms with Gasteiger partial charge in [0.15, 0.2) is 0 Å². The fourth-order valence-electron chi connectivity index (χ4n) is 4.31. The van der Waals surface area contributed by atoms with Crippen molar-refractivity contribution in [2.45, 2.75) is 31.1 Å². The Kier molecular flexibility index (Phi) is 6.90. The minimum Gasteiger partial charge on any atom is -0.496 e. The number of methoxy groups -OCH3 is 2. The molecule has 0 bridgehead atoms. The van der Waals surface area contributed by atoms with Gasteiger partial charge in [-0.1, -0.05) is 48.5 Å². The Hall–Kier alpha value is -3.36. The van der Waals surface area contributed by atoms with Gasteiger partial charge >= 0.3 is 5.97 Å². The Morgan fingerprint density at radius 3 is 2.56 bits per heavy atom. The van der Waals surface area contributed by atoms with Crippen LogP contribution in [0, 0.1) is 0 Å². The number of aryl methyl sites for hydroxylation is 1. The summed E-state index contributed by atoms with van der Waals surface area (Å²) >= 11 is 0. The predicted octanol–water partition coefficient (Wildman–Crippen LogP) is 4.13. The topological polar surface area (TPSA) is 105 Å². The smallest absolute Gasteiger partial charge is 0.305 e. The summed E-state index contributed by atoms with van der Waals surface area (Å²) in [6, 6.07) is 19.2. The number of carbonyl (C=O) groups is 1. The monoisotopic (exact) mass is 481 g/mol. The van der Waals surface area contributed by atoms with Crippen LogP contribution in [0.25, 0.3) is 11.1 Å². The van der Waals surface area contributed by atoms with Gasteiger partial charge in [0.1, 0.15) is 17.6 Å². The zero-order valence-corrected chi connectivity index (χ0v) is 19.9. The molecular weight excluding hydrogens is 454 g/mol. The van der Waals surface area contributed by atoms with Crippen LogP contribution in [0.3, 0.4) is 0 Å². The van der Waals surface area contributed by atoms with Crippen LogP contribution in [0.4, 0.5) is 0 Å². The van der Waals surface area contributed by atoms with E-state index in [-0.39, 0.29) is 11.7 Å². The highest BCUT2D eigenvalue weighted by Gasteiger charge is 2.30. The van der Waals surface area contributed by atoms with E-state index in [1.807, 2.05) is 48.5 Å². The summed E-state index contributed by atoms with van der Waals surface area (Å²) in [5.41, 5.74) is 5.17. The quantitative estimate of drug-likeness (QED) is 0.485. The molecule has 3 aromatic carbocycles. The second-order valence-corrected chi connectivity index (χ2v) is 9.85. The molecule has 1 atom stereocenters. The molecule has 1 heterocycles. The molecule has 178 valence electrons. The van der Waals surface area contributed by atoms with E-state index in [2.05, 4.69) is 6.07 Å². The number of sulfonamides is 1. The molecule has 0 amide bonds. The molecule has 1 aliphatic heterocycles. The summed E-state index contributed by atoms with van der Waals surface area (Å²) in [5, 5.41) is 5.30. The third-order valence-corrected chi connectivity index (χ3v) is 6.55. The summed E-state index contributed by atoms with van der Waals surface area (Å²) in [6.45, 7) is 0. The number of benzene rings is 3. The zero-order valence-electron chi connectivity index (χ0n) is 19.1. The highest BCUT2D eigenvalue weighted by molar-refractivity contribution is 7.88. The van der Waals surface area contributed by atoms with Crippen molar-refractivity contribution in [2.75, 3.05) is 14.2 Å². The molecule has 0 saturated carbocycles. The van der Waals surface area contributed by atoms with E-state index >= 15 is 0 Å². The number of esters is 1. The first-order valence-electron chi connectivity index (χ1n) is 10.9. The molecule has 2 N–H and O–H groups in total. The SMILES string of the molecule is COC(=O)CCCc1cccc(C2Oc3cccc(OC)c3-c3ccc(CS(N)(=O)=O)cc32)c1. The molecule has 0 aliphatic carbocycles. The maximum Gasteiger partial charge on any atom is 0.305 e. The van der Waals surface area contributed by atoms with E-state index in [1.165, 1.54) is 7.11 Å². The van der Waals surface area contributed by atoms with E-state index in [1.54, 1.807) is 13.2 Å². The Morgan fingerprint density at radius 1 is 1.03 bits per heavy atom. The zero-order chi connectivity index (χ0) is 24.3. The minimum atomic E-state index is -3.69. The average molecular weight is 482 g/mol. The number of hydrogen-bond acceptors (Lipinski definition) is 6. The summed E-state index contributed by atoms with van der Waals surface area (Å²) in [5.74, 6) is 0.869. The van der Waals surface area contributed by atoms with Gasteiger partial charge in [0.2, 0.25) is 10.0 Å². The average Bonchev–Trinajstić information content (AvgIpc) is 2.82. The molecule has 3 aromatic rings. The van der Waals surface area contributed by atoms with E-state index in [4.69, 9.17) is 19.3 Å². The standard InChI is InChI=1S/C26H27NO6S/c1-31-22-9-5-10-23-25(22)20-13-12-18(16-34(27,29)30)15-21(20)26(33-23)19-8-3-6-17(14-19)7-4-11-24(28)32-2/h3,5-6,8-10,12-15,26H,4,7,11,16H2,1-2H3,(H2,27,29,30). The number of carbonyl (C=O) groups excluding carboxylic acids is 1. The Bertz CT molecular complexity index is 1320. The number of nitrogens with two attached hydrogens (primary N) is 1. The normalized spacial score (nSPS) is 14.5. The van der Waals surface area contributed by atoms with Crippen LogP contribution >= 0.6 is 0 Å². The van der Waals surface area contributed by atoms with Gasteiger partial charge < -0.3 is 14.2 Å². The van der Waals surface area contributed by atoms with Crippen LogP contribution in [0.2, 0.25) is 0 Å². The second kappa shape index (κ2) is 9.87. The largest absolute Gasteiger partial charge is 0.496 e. The second-order valence-electron chi connectivity index (χ2n) is 8.23. The van der Waals surface area contributed by atoms with Crippen molar-refractivity contribution in [3.8, 4) is 22.6 Å². The number of ether oxygens (including phenoxy) is 3. The number of fused-ring (bicyclic) bond motifs is 3. The van der Waals surface area contributed by atoms with Gasteiger partial charge in [0, 0.05) is 12.0 Å². The molecule has 0 spiro atoms. The number of hydrogen-bond donors (Lipinski definition) is 1. The van der Waals surface area contributed by atoms with E-state index in [0.717, 1.165) is 34.2 Å². The van der Waals surface area contributed by atoms with Crippen molar-refractivity contribution in [3.05, 3.63) is 82.9 Å². The molecule has 0 saturated heterocycles. The predicted molar refractivity (Wildman–Crippen MR) is 129 cm³/mol. The third-order valence-electron chi connectivity index (χ3n) is 5.82. The lowest BCUT2D eigenvalue weighted by Gasteiger charge is -2.30. The molecule has 0 radical (unpaired) electrons. The fraction of sp³-hybridized carbons (Fsp3) is 0.269. The van der Waals surface area contributed by atoms with Crippen molar-refractivity contribution < 1.29 is 27.4 Å². The molecule has 0 fully saturated rings. The number of rotatable bonds is 8. The lowest BCUT2D eigenvalue weighted by atomic mass is 9.87. The lowest BCUT2D eigenvalue weighted by molar-refractivity contribution is -0.140. The summed E-state index contributed by atoms with van der Waals surface area (Å²) in [6.07, 6.45) is 1.30. The molecule has 4 rings (SSSR count). The van der Waals surface area contributed by atoms with Crippen LogP contribution in [-0.2, 0) is 31.7 Å². The molecule has 1 aliphatic rings. The molecule has 1 unspecified atom stereocenters. The van der Waals surface area contributed by atoms with Gasteiger partial charge in [-0.05, 0) is 47.2 Å². The van der Waals surface area contributed by atoms with Gasteiger partial charge in [-0.2, -0.15) is 0 Å². The van der Waals surface area contributed by atoms with Gasteiger partial charge in [-0.25, -0.2) is 13.6 Å². The fourth-order valence-corrected chi connectivity index (χ4v) is 4.96. The molecule has 0 aromatic heterocycles. The van der Waals surface area contributed by atoms with Gasteiger partial charge in [-0.3, -0.25) is 4.79 Å². The van der Waals surface area contributed by atoms with Crippen molar-refractivity contribution in [3.63, 3.8) is 0 Å². The summed E-state index contributed by atoms with van der Waals surface area (Å²) in [7, 11) is -0.696. The summed E-state index contributed by atoms with van der Waals surface area (Å²) in [4.78, 5) is 11.4. The first kappa shape index (κ1) is 23.8.